The van der Waals surface area contributed by atoms with Crippen LogP contribution >= 0.6 is 22.9 Å². The molecule has 2 aromatic carbocycles. The Morgan fingerprint density at radius 1 is 1.14 bits per heavy atom. The maximum atomic E-state index is 13.7. The van der Waals surface area contributed by atoms with Gasteiger partial charge in [-0.15, -0.1) is 11.3 Å². The molecule has 36 heavy (non-hydrogen) atoms. The van der Waals surface area contributed by atoms with E-state index in [0.29, 0.717) is 41.9 Å². The van der Waals surface area contributed by atoms with Crippen molar-refractivity contribution in [3.8, 4) is 5.75 Å². The number of hydrogen-bond acceptors (Lipinski definition) is 4. The largest absolute Gasteiger partial charge is 0.491 e. The molecule has 0 radical (unpaired) electrons. The van der Waals surface area contributed by atoms with Crippen LogP contribution in [0.2, 0.25) is 5.02 Å². The number of carbonyl (C=O) groups is 2. The van der Waals surface area contributed by atoms with E-state index in [1.54, 1.807) is 28.4 Å². The molecular weight excluding hydrogens is 492 g/mol. The van der Waals surface area contributed by atoms with Gasteiger partial charge in [-0.1, -0.05) is 43.6 Å². The number of nitrogens with zero attached hydrogens (tertiary/aromatic N) is 2. The molecule has 0 fully saturated rings. The van der Waals surface area contributed by atoms with Gasteiger partial charge in [-0.3, -0.25) is 9.59 Å². The number of aryl methyl sites for hydroxylation is 1. The van der Waals surface area contributed by atoms with E-state index >= 15 is 0 Å². The van der Waals surface area contributed by atoms with Crippen molar-refractivity contribution in [3.63, 3.8) is 0 Å². The van der Waals surface area contributed by atoms with Gasteiger partial charge in [0.1, 0.15) is 18.9 Å². The van der Waals surface area contributed by atoms with Crippen LogP contribution in [-0.4, -0.2) is 47.9 Å². The highest BCUT2D eigenvalue weighted by atomic mass is 35.5. The molecule has 0 aliphatic carbocycles. The summed E-state index contributed by atoms with van der Waals surface area (Å²) < 4.78 is 6.10. The standard InChI is InChI=1S/C29H33ClN2O3S/c1-20(2)12-15-31(29(34)24-7-5-4-6-21(24)3)18-28(33)32-16-13-27-25(14-17-36-27)26(32)19-35-23-10-8-22(30)9-11-23/h4-11,14,17,20,26H,12-13,15-16,18-19H2,1-3H3. The highest BCUT2D eigenvalue weighted by molar-refractivity contribution is 7.10. The highest BCUT2D eigenvalue weighted by Gasteiger charge is 2.33. The SMILES string of the molecule is Cc1ccccc1C(=O)N(CCC(C)C)CC(=O)N1CCc2sccc2C1COc1ccc(Cl)cc1. The zero-order valence-electron chi connectivity index (χ0n) is 21.1. The number of carbonyl (C=O) groups excluding carboxylic acids is 2. The smallest absolute Gasteiger partial charge is 0.254 e. The van der Waals surface area contributed by atoms with Gasteiger partial charge in [0, 0.05) is 28.6 Å². The van der Waals surface area contributed by atoms with Crippen LogP contribution in [0.1, 0.15) is 52.7 Å². The number of hydrogen-bond donors (Lipinski definition) is 0. The van der Waals surface area contributed by atoms with Crippen molar-refractivity contribution in [2.75, 3.05) is 26.2 Å². The van der Waals surface area contributed by atoms with Crippen LogP contribution in [0, 0.1) is 12.8 Å². The predicted octanol–water partition coefficient (Wildman–Crippen LogP) is 6.40. The third-order valence-corrected chi connectivity index (χ3v) is 7.85. The van der Waals surface area contributed by atoms with E-state index in [4.69, 9.17) is 16.3 Å². The van der Waals surface area contributed by atoms with Crippen molar-refractivity contribution >= 4 is 34.8 Å². The molecule has 0 N–H and O–H groups in total. The minimum atomic E-state index is -0.205. The van der Waals surface area contributed by atoms with Gasteiger partial charge in [-0.2, -0.15) is 0 Å². The van der Waals surface area contributed by atoms with E-state index < -0.39 is 0 Å². The first-order valence-corrected chi connectivity index (χ1v) is 13.7. The fourth-order valence-electron chi connectivity index (χ4n) is 4.48. The molecule has 1 aliphatic rings. The van der Waals surface area contributed by atoms with Crippen LogP contribution in [0.15, 0.2) is 60.0 Å². The second-order valence-electron chi connectivity index (χ2n) is 9.64. The fourth-order valence-corrected chi connectivity index (χ4v) is 5.54. The molecule has 5 nitrogen and oxygen atoms in total. The highest BCUT2D eigenvalue weighted by Crippen LogP contribution is 2.34. The Hall–Kier alpha value is -2.83. The predicted molar refractivity (Wildman–Crippen MR) is 146 cm³/mol. The molecule has 7 heteroatoms. The Morgan fingerprint density at radius 2 is 1.89 bits per heavy atom. The molecule has 3 aromatic rings. The number of benzene rings is 2. The molecular formula is C29H33ClN2O3S. The van der Waals surface area contributed by atoms with E-state index in [2.05, 4.69) is 25.3 Å². The second-order valence-corrected chi connectivity index (χ2v) is 11.1. The fraction of sp³-hybridized carbons (Fsp3) is 0.379. The van der Waals surface area contributed by atoms with Crippen LogP contribution in [-0.2, 0) is 11.2 Å². The molecule has 1 aromatic heterocycles. The van der Waals surface area contributed by atoms with Crippen molar-refractivity contribution in [2.45, 2.75) is 39.7 Å². The summed E-state index contributed by atoms with van der Waals surface area (Å²) in [6, 6.07) is 16.7. The lowest BCUT2D eigenvalue weighted by atomic mass is 10.00. The first-order valence-electron chi connectivity index (χ1n) is 12.4. The molecule has 0 saturated carbocycles. The summed E-state index contributed by atoms with van der Waals surface area (Å²) in [5.74, 6) is 0.991. The molecule has 1 unspecified atom stereocenters. The Balaban J connectivity index is 1.54. The van der Waals surface area contributed by atoms with Gasteiger partial charge in [-0.25, -0.2) is 0 Å². The molecule has 0 saturated heterocycles. The van der Waals surface area contributed by atoms with Gasteiger partial charge >= 0.3 is 0 Å². The van der Waals surface area contributed by atoms with Gasteiger partial charge in [0.2, 0.25) is 5.91 Å². The summed E-state index contributed by atoms with van der Waals surface area (Å²) in [4.78, 5) is 32.1. The lowest BCUT2D eigenvalue weighted by Crippen LogP contribution is -2.48. The van der Waals surface area contributed by atoms with E-state index in [1.165, 1.54) is 4.88 Å². The van der Waals surface area contributed by atoms with Crippen molar-refractivity contribution < 1.29 is 14.3 Å². The van der Waals surface area contributed by atoms with E-state index in [0.717, 1.165) is 24.0 Å². The Kier molecular flexibility index (Phi) is 8.70. The Bertz CT molecular complexity index is 1190. The maximum absolute atomic E-state index is 13.7. The van der Waals surface area contributed by atoms with Crippen molar-refractivity contribution in [2.24, 2.45) is 5.92 Å². The first-order chi connectivity index (χ1) is 17.3. The van der Waals surface area contributed by atoms with Gasteiger partial charge in [0.25, 0.3) is 5.91 Å². The summed E-state index contributed by atoms with van der Waals surface area (Å²) in [5.41, 5.74) is 2.70. The zero-order valence-corrected chi connectivity index (χ0v) is 22.6. The molecule has 2 amide bonds. The summed E-state index contributed by atoms with van der Waals surface area (Å²) >= 11 is 7.73. The zero-order chi connectivity index (χ0) is 25.7. The van der Waals surface area contributed by atoms with E-state index in [1.807, 2.05) is 48.2 Å². The van der Waals surface area contributed by atoms with Crippen molar-refractivity contribution in [3.05, 3.63) is 86.6 Å². The monoisotopic (exact) mass is 524 g/mol. The normalized spacial score (nSPS) is 15.0. The van der Waals surface area contributed by atoms with Crippen LogP contribution in [0.3, 0.4) is 0 Å². The number of rotatable bonds is 9. The number of halogens is 1. The Labute approximate surface area is 222 Å². The average molecular weight is 525 g/mol. The minimum Gasteiger partial charge on any atom is -0.491 e. The van der Waals surface area contributed by atoms with Crippen LogP contribution in [0.25, 0.3) is 0 Å². The molecule has 0 spiro atoms. The van der Waals surface area contributed by atoms with E-state index in [9.17, 15) is 9.59 Å². The lowest BCUT2D eigenvalue weighted by Gasteiger charge is -2.37. The van der Waals surface area contributed by atoms with Crippen molar-refractivity contribution in [1.82, 2.24) is 9.80 Å². The maximum Gasteiger partial charge on any atom is 0.254 e. The van der Waals surface area contributed by atoms with Gasteiger partial charge in [0.05, 0.1) is 6.04 Å². The first kappa shape index (κ1) is 26.2. The molecule has 1 atom stereocenters. The summed E-state index contributed by atoms with van der Waals surface area (Å²) in [7, 11) is 0. The molecule has 0 bridgehead atoms. The van der Waals surface area contributed by atoms with Gasteiger partial charge in [0.15, 0.2) is 0 Å². The van der Waals surface area contributed by atoms with Crippen LogP contribution < -0.4 is 4.74 Å². The average Bonchev–Trinajstić information content (AvgIpc) is 3.35. The lowest BCUT2D eigenvalue weighted by molar-refractivity contribution is -0.135. The van der Waals surface area contributed by atoms with Crippen LogP contribution in [0.5, 0.6) is 5.75 Å². The number of thiophene rings is 1. The minimum absolute atomic E-state index is 0.0524. The summed E-state index contributed by atoms with van der Waals surface area (Å²) in [6.45, 7) is 7.74. The molecule has 190 valence electrons. The number of fused-ring (bicyclic) bond motifs is 1. The van der Waals surface area contributed by atoms with E-state index in [-0.39, 0.29) is 24.4 Å². The molecule has 2 heterocycles. The second kappa shape index (κ2) is 11.9. The van der Waals surface area contributed by atoms with Crippen molar-refractivity contribution in [1.29, 1.82) is 0 Å². The molecule has 4 rings (SSSR count). The Morgan fingerprint density at radius 3 is 2.61 bits per heavy atom. The quantitative estimate of drug-likeness (QED) is 0.325. The molecule has 1 aliphatic heterocycles. The summed E-state index contributed by atoms with van der Waals surface area (Å²) in [5, 5.41) is 2.72. The third kappa shape index (κ3) is 6.29. The third-order valence-electron chi connectivity index (χ3n) is 6.60. The topological polar surface area (TPSA) is 49.9 Å². The number of ether oxygens (including phenoxy) is 1. The number of amides is 2. The summed E-state index contributed by atoms with van der Waals surface area (Å²) in [6.07, 6.45) is 1.65. The van der Waals surface area contributed by atoms with Gasteiger partial charge in [-0.05, 0) is 78.6 Å². The van der Waals surface area contributed by atoms with Crippen LogP contribution in [0.4, 0.5) is 0 Å². The van der Waals surface area contributed by atoms with Gasteiger partial charge < -0.3 is 14.5 Å².